The highest BCUT2D eigenvalue weighted by Crippen LogP contribution is 2.58. The molecule has 0 saturated carbocycles. The average molecular weight is 2190 g/mol. The van der Waals surface area contributed by atoms with Gasteiger partial charge in [-0.3, -0.25) is 19.2 Å². The number of nitrogens with two attached hydrogens (primary N) is 2. The summed E-state index contributed by atoms with van der Waals surface area (Å²) in [4.78, 5) is 94.7. The zero-order chi connectivity index (χ0) is 107. The van der Waals surface area contributed by atoms with Gasteiger partial charge in [-0.15, -0.1) is 90.7 Å². The molecule has 4 atom stereocenters. The quantitative estimate of drug-likeness (QED) is 0.0365. The van der Waals surface area contributed by atoms with Crippen molar-refractivity contribution in [2.45, 2.75) is 519 Å². The van der Waals surface area contributed by atoms with Crippen molar-refractivity contribution in [2.24, 2.45) is 35.1 Å². The molecule has 4 amide bonds. The Kier molecular flexibility index (Phi) is 50.9. The molecule has 0 spiro atoms. The Labute approximate surface area is 944 Å². The van der Waals surface area contributed by atoms with E-state index in [9.17, 15) is 0 Å². The van der Waals surface area contributed by atoms with E-state index in [2.05, 4.69) is 229 Å². The van der Waals surface area contributed by atoms with Gasteiger partial charge in [0.1, 0.15) is 0 Å². The van der Waals surface area contributed by atoms with Crippen molar-refractivity contribution >= 4 is 137 Å². The molecule has 0 radical (unpaired) electrons. The number of fused-ring (bicyclic) bond motifs is 2. The lowest BCUT2D eigenvalue weighted by Gasteiger charge is -2.41. The number of amides is 4. The van der Waals surface area contributed by atoms with Crippen LogP contribution < -0.4 is 11.5 Å². The summed E-state index contributed by atoms with van der Waals surface area (Å²) >= 11 is 14.6. The fourth-order valence-electron chi connectivity index (χ4n) is 23.6. The molecule has 0 fully saturated rings. The fourth-order valence-corrected chi connectivity index (χ4v) is 33.3. The highest BCUT2D eigenvalue weighted by Gasteiger charge is 2.53. The summed E-state index contributed by atoms with van der Waals surface area (Å²) in [5.41, 5.74) is 20.7. The largest absolute Gasteiger partial charge is 0.321 e. The highest BCUT2D eigenvalue weighted by molar-refractivity contribution is 7.27. The summed E-state index contributed by atoms with van der Waals surface area (Å²) in [5.74, 6) is 1.19. The molecule has 150 heavy (non-hydrogen) atoms. The van der Waals surface area contributed by atoms with E-state index in [1.807, 2.05) is 45.3 Å². The van der Waals surface area contributed by atoms with E-state index in [0.717, 1.165) is 180 Å². The van der Waals surface area contributed by atoms with Gasteiger partial charge in [-0.2, -0.15) is 0 Å². The van der Waals surface area contributed by atoms with Crippen LogP contribution in [0.1, 0.15) is 534 Å². The molecule has 8 aromatic heterocycles. The molecule has 4 aliphatic heterocycles. The molecule has 4 aliphatic rings. The molecular formula is C132H200N6O4S8. The second-order valence-corrected chi connectivity index (χ2v) is 56.5. The summed E-state index contributed by atoms with van der Waals surface area (Å²) in [6.45, 7) is 43.8. The van der Waals surface area contributed by atoms with E-state index in [1.54, 1.807) is 45.3 Å². The summed E-state index contributed by atoms with van der Waals surface area (Å²) in [7, 11) is 0. The van der Waals surface area contributed by atoms with Gasteiger partial charge in [0.25, 0.3) is 23.6 Å². The smallest absolute Gasteiger partial charge is 0.261 e. The van der Waals surface area contributed by atoms with Gasteiger partial charge in [0, 0.05) is 107 Å². The Bertz CT molecular complexity index is 5580. The van der Waals surface area contributed by atoms with Gasteiger partial charge >= 0.3 is 0 Å². The predicted molar refractivity (Wildman–Crippen MR) is 662 cm³/mol. The van der Waals surface area contributed by atoms with E-state index in [1.165, 1.54) is 304 Å². The first-order valence-corrected chi connectivity index (χ1v) is 67.8. The molecule has 4 unspecified atom stereocenters. The van der Waals surface area contributed by atoms with E-state index in [0.29, 0.717) is 66.2 Å². The SMILES string of the molecule is CCCCCCCCC(CCCCCC)CN1C(=O)C2=C(c3ccc(C(C)(C)N)s3)N(CC(CCCCCC)CCCCCCCC)C(=O)C2=C1c1ccc(-c2ccc(C(C)(C)C(C)(C)c3sc(-c4ccc(C5=C6C(=O)N(CC(CCCCCC)CCCCCCCC)C(c7ccc(-c8cc(CCCCCC)c(-c9ccc(C(C)(C)N)s9)s8)s7)=C6C(=O)N5CC(CCCCCC)CCCCCCCC)s4)cc3CCCCCC)s2)s1. The van der Waals surface area contributed by atoms with Crippen LogP contribution in [0.3, 0.4) is 0 Å². The summed E-state index contributed by atoms with van der Waals surface area (Å²) in [6.07, 6.45) is 68.5. The van der Waals surface area contributed by atoms with Crippen molar-refractivity contribution in [1.82, 2.24) is 19.6 Å². The van der Waals surface area contributed by atoms with Gasteiger partial charge < -0.3 is 31.1 Å². The Morgan fingerprint density at radius 3 is 0.760 bits per heavy atom. The number of unbranched alkanes of at least 4 members (excludes halogenated alkanes) is 38. The molecule has 8 aromatic rings. The second-order valence-electron chi connectivity index (χ2n) is 47.9. The minimum Gasteiger partial charge on any atom is -0.321 e. The van der Waals surface area contributed by atoms with Crippen molar-refractivity contribution in [1.29, 1.82) is 0 Å². The number of nitrogens with zero attached hydrogens (tertiary/aromatic N) is 4. The number of hydrogen-bond donors (Lipinski definition) is 2. The minimum atomic E-state index is -0.595. The Balaban J connectivity index is 0.955. The first-order chi connectivity index (χ1) is 72.5. The lowest BCUT2D eigenvalue weighted by Crippen LogP contribution is -2.39. The third-order valence-corrected chi connectivity index (χ3v) is 44.6. The Hall–Kier alpha value is -5.64. The molecule has 0 aliphatic carbocycles. The summed E-state index contributed by atoms with van der Waals surface area (Å²) < 4.78 is 0. The van der Waals surface area contributed by atoms with Crippen molar-refractivity contribution < 1.29 is 19.2 Å². The molecular weight excluding hydrogens is 1990 g/mol. The summed E-state index contributed by atoms with van der Waals surface area (Å²) in [5, 5.41) is 0. The number of carbonyl (C=O) groups is 4. The molecule has 4 N–H and O–H groups in total. The first kappa shape index (κ1) is 123. The molecule has 10 nitrogen and oxygen atoms in total. The normalized spacial score (nSPS) is 15.3. The van der Waals surface area contributed by atoms with Crippen molar-refractivity contribution in [3.63, 3.8) is 0 Å². The van der Waals surface area contributed by atoms with E-state index in [4.69, 9.17) is 11.5 Å². The molecule has 12 heterocycles. The van der Waals surface area contributed by atoms with Crippen molar-refractivity contribution in [3.8, 4) is 39.0 Å². The van der Waals surface area contributed by atoms with Crippen LogP contribution in [0, 0.1) is 23.7 Å². The van der Waals surface area contributed by atoms with Crippen LogP contribution in [0.25, 0.3) is 61.8 Å². The maximum atomic E-state index is 17.1. The predicted octanol–water partition coefficient (Wildman–Crippen LogP) is 41.7. The number of hydrogen-bond acceptors (Lipinski definition) is 14. The van der Waals surface area contributed by atoms with E-state index >= 15 is 19.2 Å². The summed E-state index contributed by atoms with van der Waals surface area (Å²) in [6, 6.07) is 32.5. The van der Waals surface area contributed by atoms with E-state index in [-0.39, 0.29) is 40.4 Å². The van der Waals surface area contributed by atoms with Crippen LogP contribution in [0.4, 0.5) is 0 Å². The maximum absolute atomic E-state index is 17.1. The number of aryl methyl sites for hydroxylation is 2. The van der Waals surface area contributed by atoms with Crippen molar-refractivity contribution in [2.75, 3.05) is 26.2 Å². The van der Waals surface area contributed by atoms with Crippen LogP contribution in [0.15, 0.2) is 107 Å². The van der Waals surface area contributed by atoms with E-state index < -0.39 is 11.1 Å². The average Bonchev–Trinajstić information content (AvgIpc) is 1.55. The molecule has 18 heteroatoms. The molecule has 0 saturated heterocycles. The molecule has 0 aromatic carbocycles. The van der Waals surface area contributed by atoms with Gasteiger partial charge in [-0.05, 0) is 224 Å². The van der Waals surface area contributed by atoms with Crippen LogP contribution in [-0.2, 0) is 53.9 Å². The standard InChI is InChI=1S/C132H200N6O4S8/c1-19-29-39-49-53-61-71-95(67-57-43-33-23-5)91-135-119(117-118(128(135)142)122(108-84-87-113(147-108)131(15,16)133)138(127(117)141)94-98(70-60-46-36-26-8)74-64-56-52-42-32-22-4)105-80-77-101(143-105)102-83-86-112(146-102)129(11,12)130(13,14)124-100(76-66-48-38-28-10)90-111(150-124)104-79-82-107(145-104)121-116-115(125(139)137(121)93-97(69-59-45-35-25-7)73-63-55-51-41-31-21-3)120(136(126(116)140)92-96(68-58-44-34-24-6)72-62-54-50-40-30-20-2)106-81-78-103(144-106)110-89-99(75-65-47-37-27-9)123(149-110)109-85-88-114(148-109)132(17,18)134/h77-90,95-98H,19-76,91-94,133-134H2,1-18H3. The lowest BCUT2D eigenvalue weighted by atomic mass is 9.65. The van der Waals surface area contributed by atoms with Crippen molar-refractivity contribution in [3.05, 3.63) is 157 Å². The first-order valence-electron chi connectivity index (χ1n) is 61.3. The van der Waals surface area contributed by atoms with Crippen LogP contribution in [0.5, 0.6) is 0 Å². The second kappa shape index (κ2) is 62.1. The molecule has 830 valence electrons. The fraction of sp³-hybridized carbons (Fsp3) is 0.667. The number of carbonyl (C=O) groups excluding carboxylic acids is 4. The van der Waals surface area contributed by atoms with Gasteiger partial charge in [0.05, 0.1) is 64.6 Å². The van der Waals surface area contributed by atoms with Gasteiger partial charge in [0.15, 0.2) is 0 Å². The monoisotopic (exact) mass is 2190 g/mol. The third kappa shape index (κ3) is 33.1. The van der Waals surface area contributed by atoms with Crippen LogP contribution in [0.2, 0.25) is 0 Å². The van der Waals surface area contributed by atoms with Crippen LogP contribution >= 0.6 is 90.7 Å². The van der Waals surface area contributed by atoms with Gasteiger partial charge in [-0.1, -0.05) is 392 Å². The Morgan fingerprint density at radius 1 is 0.227 bits per heavy atom. The third-order valence-electron chi connectivity index (χ3n) is 33.6. The molecule has 0 bridgehead atoms. The lowest BCUT2D eigenvalue weighted by molar-refractivity contribution is -0.124. The van der Waals surface area contributed by atoms with Gasteiger partial charge in [0.2, 0.25) is 0 Å². The number of thiophene rings is 8. The zero-order valence-corrected chi connectivity index (χ0v) is 104. The van der Waals surface area contributed by atoms with Gasteiger partial charge in [-0.25, -0.2) is 0 Å². The molecule has 12 rings (SSSR count). The number of rotatable bonds is 79. The topological polar surface area (TPSA) is 133 Å². The van der Waals surface area contributed by atoms with Crippen LogP contribution in [-0.4, -0.2) is 69.4 Å². The minimum absolute atomic E-state index is 0.00858. The Morgan fingerprint density at radius 2 is 0.447 bits per heavy atom. The maximum Gasteiger partial charge on any atom is 0.261 e. The zero-order valence-electron chi connectivity index (χ0n) is 97.1. The highest BCUT2D eigenvalue weighted by atomic mass is 32.1.